The number of carbonyl (C=O) groups is 1. The zero-order valence-electron chi connectivity index (χ0n) is 17.1. The van der Waals surface area contributed by atoms with Crippen LogP contribution in [0.3, 0.4) is 0 Å². The standard InChI is InChI=1S/C29H18O3/c1-3-21-5-13-25(14-6-21)31-27-17-9-23(10-18-27)29(30)24-11-19-28(20-12-24)32-26-15-7-22(4-2)8-16-26/h1-2,5-20H. The molecular weight excluding hydrogens is 396 g/mol. The van der Waals surface area contributed by atoms with Crippen molar-refractivity contribution in [3.05, 3.63) is 119 Å². The quantitative estimate of drug-likeness (QED) is 0.268. The third-order valence-electron chi connectivity index (χ3n) is 4.75. The van der Waals surface area contributed by atoms with Crippen molar-refractivity contribution >= 4 is 5.78 Å². The van der Waals surface area contributed by atoms with Crippen molar-refractivity contribution in [2.75, 3.05) is 0 Å². The Balaban J connectivity index is 1.40. The van der Waals surface area contributed by atoms with Crippen molar-refractivity contribution in [2.24, 2.45) is 0 Å². The zero-order valence-corrected chi connectivity index (χ0v) is 17.1. The molecule has 0 aliphatic rings. The molecule has 0 aliphatic heterocycles. The Morgan fingerprint density at radius 3 is 1.06 bits per heavy atom. The summed E-state index contributed by atoms with van der Waals surface area (Å²) in [5.74, 6) is 7.66. The number of hydrogen-bond acceptors (Lipinski definition) is 3. The maximum Gasteiger partial charge on any atom is 0.193 e. The van der Waals surface area contributed by atoms with Crippen molar-refractivity contribution in [2.45, 2.75) is 0 Å². The van der Waals surface area contributed by atoms with E-state index < -0.39 is 0 Å². The van der Waals surface area contributed by atoms with E-state index in [0.29, 0.717) is 34.1 Å². The number of rotatable bonds is 6. The van der Waals surface area contributed by atoms with Gasteiger partial charge >= 0.3 is 0 Å². The number of terminal acetylenes is 2. The molecule has 0 saturated heterocycles. The zero-order chi connectivity index (χ0) is 22.3. The second-order valence-corrected chi connectivity index (χ2v) is 6.92. The van der Waals surface area contributed by atoms with Crippen molar-refractivity contribution in [3.63, 3.8) is 0 Å². The Hall–Kier alpha value is -4.73. The van der Waals surface area contributed by atoms with Gasteiger partial charge in [0.1, 0.15) is 23.0 Å². The molecule has 0 atom stereocenters. The molecule has 3 heteroatoms. The van der Waals surface area contributed by atoms with Gasteiger partial charge in [-0.2, -0.15) is 0 Å². The molecule has 0 aliphatic carbocycles. The lowest BCUT2D eigenvalue weighted by Gasteiger charge is -2.08. The Kier molecular flexibility index (Phi) is 6.03. The molecule has 4 aromatic rings. The summed E-state index contributed by atoms with van der Waals surface area (Å²) >= 11 is 0. The van der Waals surface area contributed by atoms with Crippen LogP contribution >= 0.6 is 0 Å². The summed E-state index contributed by atoms with van der Waals surface area (Å²) in [6, 6.07) is 28.5. The molecule has 4 rings (SSSR count). The van der Waals surface area contributed by atoms with Gasteiger partial charge in [-0.1, -0.05) is 11.8 Å². The third kappa shape index (κ3) is 4.87. The molecule has 0 N–H and O–H groups in total. The van der Waals surface area contributed by atoms with Crippen LogP contribution < -0.4 is 9.47 Å². The predicted molar refractivity (Wildman–Crippen MR) is 125 cm³/mol. The molecule has 3 nitrogen and oxygen atoms in total. The minimum Gasteiger partial charge on any atom is -0.457 e. The van der Waals surface area contributed by atoms with Gasteiger partial charge in [-0.15, -0.1) is 12.8 Å². The average Bonchev–Trinajstić information content (AvgIpc) is 2.85. The van der Waals surface area contributed by atoms with Crippen LogP contribution in [0.2, 0.25) is 0 Å². The van der Waals surface area contributed by atoms with Crippen molar-refractivity contribution in [3.8, 4) is 47.7 Å². The first-order chi connectivity index (χ1) is 15.6. The van der Waals surface area contributed by atoms with E-state index in [1.54, 1.807) is 72.8 Å². The summed E-state index contributed by atoms with van der Waals surface area (Å²) in [5.41, 5.74) is 2.71. The molecule has 152 valence electrons. The molecule has 32 heavy (non-hydrogen) atoms. The molecule has 4 aromatic carbocycles. The van der Waals surface area contributed by atoms with E-state index >= 15 is 0 Å². The molecular formula is C29H18O3. The molecule has 0 aromatic heterocycles. The molecule has 0 radical (unpaired) electrons. The molecule has 0 bridgehead atoms. The van der Waals surface area contributed by atoms with Gasteiger partial charge in [-0.3, -0.25) is 4.79 Å². The first kappa shape index (κ1) is 20.5. The fourth-order valence-electron chi connectivity index (χ4n) is 3.03. The highest BCUT2D eigenvalue weighted by atomic mass is 16.5. The van der Waals surface area contributed by atoms with Crippen LogP contribution in [0.15, 0.2) is 97.1 Å². The number of ketones is 1. The highest BCUT2D eigenvalue weighted by Gasteiger charge is 2.10. The smallest absolute Gasteiger partial charge is 0.193 e. The van der Waals surface area contributed by atoms with E-state index in [2.05, 4.69) is 11.8 Å². The number of carbonyl (C=O) groups excluding carboxylic acids is 1. The first-order valence-electron chi connectivity index (χ1n) is 9.88. The van der Waals surface area contributed by atoms with Gasteiger partial charge in [0, 0.05) is 22.3 Å². The molecule has 0 saturated carbocycles. The highest BCUT2D eigenvalue weighted by Crippen LogP contribution is 2.25. The van der Waals surface area contributed by atoms with Crippen LogP contribution in [0.4, 0.5) is 0 Å². The van der Waals surface area contributed by atoms with Gasteiger partial charge in [0.15, 0.2) is 5.78 Å². The van der Waals surface area contributed by atoms with E-state index in [4.69, 9.17) is 22.3 Å². The molecule has 0 unspecified atom stereocenters. The van der Waals surface area contributed by atoms with Crippen molar-refractivity contribution < 1.29 is 14.3 Å². The Labute approximate surface area is 187 Å². The maximum absolute atomic E-state index is 12.8. The van der Waals surface area contributed by atoms with Crippen LogP contribution in [-0.4, -0.2) is 5.78 Å². The maximum atomic E-state index is 12.8. The number of ether oxygens (including phenoxy) is 2. The van der Waals surface area contributed by atoms with Crippen LogP contribution in [0.5, 0.6) is 23.0 Å². The van der Waals surface area contributed by atoms with Gasteiger partial charge in [0.2, 0.25) is 0 Å². The SMILES string of the molecule is C#Cc1ccc(Oc2ccc(C(=O)c3ccc(Oc4ccc(C#C)cc4)cc3)cc2)cc1. The molecule has 0 amide bonds. The van der Waals surface area contributed by atoms with Crippen LogP contribution in [-0.2, 0) is 0 Å². The number of hydrogen-bond donors (Lipinski definition) is 0. The summed E-state index contributed by atoms with van der Waals surface area (Å²) < 4.78 is 11.6. The lowest BCUT2D eigenvalue weighted by atomic mass is 10.0. The van der Waals surface area contributed by atoms with Gasteiger partial charge in [0.05, 0.1) is 0 Å². The minimum atomic E-state index is -0.0835. The van der Waals surface area contributed by atoms with Gasteiger partial charge < -0.3 is 9.47 Å². The molecule has 0 fully saturated rings. The largest absolute Gasteiger partial charge is 0.457 e. The lowest BCUT2D eigenvalue weighted by molar-refractivity contribution is 0.103. The van der Waals surface area contributed by atoms with E-state index in [0.717, 1.165) is 11.1 Å². The summed E-state index contributed by atoms with van der Waals surface area (Å²) in [7, 11) is 0. The summed E-state index contributed by atoms with van der Waals surface area (Å²) in [4.78, 5) is 12.8. The topological polar surface area (TPSA) is 35.5 Å². The van der Waals surface area contributed by atoms with Crippen molar-refractivity contribution in [1.29, 1.82) is 0 Å². The van der Waals surface area contributed by atoms with Crippen LogP contribution in [0, 0.1) is 24.7 Å². The Morgan fingerprint density at radius 2 is 0.781 bits per heavy atom. The van der Waals surface area contributed by atoms with Crippen LogP contribution in [0.1, 0.15) is 27.0 Å². The monoisotopic (exact) mass is 414 g/mol. The normalized spacial score (nSPS) is 9.94. The van der Waals surface area contributed by atoms with Gasteiger partial charge in [0.25, 0.3) is 0 Å². The van der Waals surface area contributed by atoms with Crippen molar-refractivity contribution in [1.82, 2.24) is 0 Å². The highest BCUT2D eigenvalue weighted by molar-refractivity contribution is 6.09. The van der Waals surface area contributed by atoms with Gasteiger partial charge in [-0.25, -0.2) is 0 Å². The molecule has 0 spiro atoms. The third-order valence-corrected chi connectivity index (χ3v) is 4.75. The van der Waals surface area contributed by atoms with Crippen LogP contribution in [0.25, 0.3) is 0 Å². The Morgan fingerprint density at radius 1 is 0.500 bits per heavy atom. The number of benzene rings is 4. The minimum absolute atomic E-state index is 0.0835. The summed E-state index contributed by atoms with van der Waals surface area (Å²) in [6.45, 7) is 0. The summed E-state index contributed by atoms with van der Waals surface area (Å²) in [6.07, 6.45) is 10.7. The fraction of sp³-hybridized carbons (Fsp3) is 0. The molecule has 0 heterocycles. The van der Waals surface area contributed by atoms with E-state index in [1.165, 1.54) is 0 Å². The predicted octanol–water partition coefficient (Wildman–Crippen LogP) is 6.46. The fourth-order valence-corrected chi connectivity index (χ4v) is 3.03. The summed E-state index contributed by atoms with van der Waals surface area (Å²) in [5, 5.41) is 0. The second-order valence-electron chi connectivity index (χ2n) is 6.92. The lowest BCUT2D eigenvalue weighted by Crippen LogP contribution is -2.01. The Bertz CT molecular complexity index is 1200. The second kappa shape index (κ2) is 9.39. The van der Waals surface area contributed by atoms with E-state index in [9.17, 15) is 4.79 Å². The van der Waals surface area contributed by atoms with E-state index in [-0.39, 0.29) is 5.78 Å². The average molecular weight is 414 g/mol. The first-order valence-corrected chi connectivity index (χ1v) is 9.88. The van der Waals surface area contributed by atoms with E-state index in [1.807, 2.05) is 24.3 Å². The van der Waals surface area contributed by atoms with Gasteiger partial charge in [-0.05, 0) is 97.1 Å².